The average Bonchev–Trinajstić information content (AvgIpc) is 2.39. The number of aromatic nitrogens is 2. The quantitative estimate of drug-likeness (QED) is 0.819. The van der Waals surface area contributed by atoms with Crippen molar-refractivity contribution >= 4 is 17.4 Å². The molecule has 0 aromatic carbocycles. The summed E-state index contributed by atoms with van der Waals surface area (Å²) in [5, 5.41) is 0. The maximum absolute atomic E-state index is 12.8. The number of carbonyl (C=O) groups is 1. The second-order valence-electron chi connectivity index (χ2n) is 8.63. The molecule has 142 valence electrons. The van der Waals surface area contributed by atoms with E-state index in [1.807, 2.05) is 48.5 Å². The molecule has 0 bridgehead atoms. The van der Waals surface area contributed by atoms with Crippen LogP contribution in [-0.2, 0) is 11.3 Å². The Hall–Kier alpha value is -2.05. The van der Waals surface area contributed by atoms with Crippen molar-refractivity contribution in [3.05, 3.63) is 20.8 Å². The van der Waals surface area contributed by atoms with Crippen molar-refractivity contribution in [2.75, 3.05) is 17.2 Å². The van der Waals surface area contributed by atoms with Gasteiger partial charge in [-0.1, -0.05) is 48.5 Å². The minimum absolute atomic E-state index is 0.0466. The highest BCUT2D eigenvalue weighted by atomic mass is 16.2. The largest absolute Gasteiger partial charge is 0.383 e. The molecule has 1 amide bonds. The number of rotatable bonds is 6. The second-order valence-corrected chi connectivity index (χ2v) is 8.63. The SMILES string of the molecule is CC(C)CN(C(=O)CC(C)(C)C)c1c(N)n(CC(C)C)c(=O)[nH]c1=O. The van der Waals surface area contributed by atoms with Gasteiger partial charge in [-0.15, -0.1) is 0 Å². The Morgan fingerprint density at radius 1 is 1.16 bits per heavy atom. The first-order chi connectivity index (χ1) is 11.3. The van der Waals surface area contributed by atoms with Crippen LogP contribution in [-0.4, -0.2) is 22.0 Å². The molecule has 1 aromatic rings. The van der Waals surface area contributed by atoms with Crippen LogP contribution in [0.2, 0.25) is 0 Å². The first kappa shape index (κ1) is 21.0. The van der Waals surface area contributed by atoms with Crippen LogP contribution in [0.1, 0.15) is 54.9 Å². The number of hydrogen-bond acceptors (Lipinski definition) is 4. The van der Waals surface area contributed by atoms with Gasteiger partial charge in [-0.2, -0.15) is 0 Å². The highest BCUT2D eigenvalue weighted by Gasteiger charge is 2.28. The van der Waals surface area contributed by atoms with E-state index >= 15 is 0 Å². The Balaban J connectivity index is 3.51. The minimum Gasteiger partial charge on any atom is -0.383 e. The fourth-order valence-electron chi connectivity index (χ4n) is 2.62. The summed E-state index contributed by atoms with van der Waals surface area (Å²) in [7, 11) is 0. The van der Waals surface area contributed by atoms with Gasteiger partial charge in [0.25, 0.3) is 5.56 Å². The molecular weight excluding hydrogens is 320 g/mol. The number of nitrogen functional groups attached to an aromatic ring is 1. The van der Waals surface area contributed by atoms with E-state index in [2.05, 4.69) is 4.98 Å². The van der Waals surface area contributed by atoms with Crippen molar-refractivity contribution in [1.29, 1.82) is 0 Å². The maximum atomic E-state index is 12.8. The lowest BCUT2D eigenvalue weighted by Crippen LogP contribution is -2.43. The third-order valence-corrected chi connectivity index (χ3v) is 3.56. The van der Waals surface area contributed by atoms with E-state index in [1.165, 1.54) is 9.47 Å². The molecule has 25 heavy (non-hydrogen) atoms. The van der Waals surface area contributed by atoms with Crippen LogP contribution in [0, 0.1) is 17.3 Å². The van der Waals surface area contributed by atoms with Crippen LogP contribution in [0.3, 0.4) is 0 Å². The summed E-state index contributed by atoms with van der Waals surface area (Å²) in [6.45, 7) is 14.5. The van der Waals surface area contributed by atoms with Gasteiger partial charge in [0.1, 0.15) is 5.82 Å². The summed E-state index contributed by atoms with van der Waals surface area (Å²) in [5.41, 5.74) is 4.84. The fraction of sp³-hybridized carbons (Fsp3) is 0.722. The van der Waals surface area contributed by atoms with Crippen molar-refractivity contribution in [1.82, 2.24) is 9.55 Å². The molecule has 0 unspecified atom stereocenters. The number of carbonyl (C=O) groups excluding carboxylic acids is 1. The van der Waals surface area contributed by atoms with Crippen LogP contribution in [0.25, 0.3) is 0 Å². The summed E-state index contributed by atoms with van der Waals surface area (Å²) in [6, 6.07) is 0. The van der Waals surface area contributed by atoms with Crippen molar-refractivity contribution < 1.29 is 4.79 Å². The zero-order valence-electron chi connectivity index (χ0n) is 16.5. The third kappa shape index (κ3) is 5.76. The second kappa shape index (κ2) is 7.89. The molecule has 7 heteroatoms. The monoisotopic (exact) mass is 352 g/mol. The Kier molecular flexibility index (Phi) is 6.62. The number of aromatic amines is 1. The van der Waals surface area contributed by atoms with Gasteiger partial charge in [0.15, 0.2) is 5.69 Å². The van der Waals surface area contributed by atoms with Gasteiger partial charge in [0.05, 0.1) is 0 Å². The maximum Gasteiger partial charge on any atom is 0.330 e. The average molecular weight is 352 g/mol. The normalized spacial score (nSPS) is 12.0. The lowest BCUT2D eigenvalue weighted by molar-refractivity contribution is -0.120. The van der Waals surface area contributed by atoms with Crippen molar-refractivity contribution in [2.24, 2.45) is 17.3 Å². The van der Waals surface area contributed by atoms with Gasteiger partial charge in [-0.25, -0.2) is 4.79 Å². The predicted octanol–water partition coefficient (Wildman–Crippen LogP) is 2.20. The van der Waals surface area contributed by atoms with Crippen molar-refractivity contribution in [2.45, 2.75) is 61.4 Å². The summed E-state index contributed by atoms with van der Waals surface area (Å²) in [5.74, 6) is 0.189. The van der Waals surface area contributed by atoms with Gasteiger partial charge in [0, 0.05) is 19.5 Å². The number of H-pyrrole nitrogens is 1. The summed E-state index contributed by atoms with van der Waals surface area (Å²) < 4.78 is 1.33. The van der Waals surface area contributed by atoms with Gasteiger partial charge < -0.3 is 10.6 Å². The van der Waals surface area contributed by atoms with E-state index in [1.54, 1.807) is 0 Å². The molecule has 1 heterocycles. The molecular formula is C18H32N4O3. The fourth-order valence-corrected chi connectivity index (χ4v) is 2.62. The van der Waals surface area contributed by atoms with Crippen LogP contribution in [0.5, 0.6) is 0 Å². The van der Waals surface area contributed by atoms with E-state index < -0.39 is 11.2 Å². The molecule has 0 aliphatic heterocycles. The molecule has 0 atom stereocenters. The van der Waals surface area contributed by atoms with E-state index in [9.17, 15) is 14.4 Å². The number of nitrogens with one attached hydrogen (secondary N) is 1. The Morgan fingerprint density at radius 2 is 1.72 bits per heavy atom. The lowest BCUT2D eigenvalue weighted by atomic mass is 9.91. The number of nitrogens with two attached hydrogens (primary N) is 1. The highest BCUT2D eigenvalue weighted by molar-refractivity contribution is 5.95. The number of nitrogens with zero attached hydrogens (tertiary/aromatic N) is 2. The highest BCUT2D eigenvalue weighted by Crippen LogP contribution is 2.25. The molecule has 0 radical (unpaired) electrons. The van der Waals surface area contributed by atoms with Crippen LogP contribution in [0.15, 0.2) is 9.59 Å². The molecule has 1 rings (SSSR count). The number of amides is 1. The van der Waals surface area contributed by atoms with E-state index in [-0.39, 0.29) is 41.1 Å². The molecule has 0 aliphatic rings. The van der Waals surface area contributed by atoms with Gasteiger partial charge in [-0.05, 0) is 17.3 Å². The molecule has 0 saturated carbocycles. The minimum atomic E-state index is -0.620. The molecule has 1 aromatic heterocycles. The van der Waals surface area contributed by atoms with E-state index in [0.29, 0.717) is 13.1 Å². The first-order valence-electron chi connectivity index (χ1n) is 8.76. The van der Waals surface area contributed by atoms with E-state index in [4.69, 9.17) is 5.73 Å². The van der Waals surface area contributed by atoms with E-state index in [0.717, 1.165) is 0 Å². The van der Waals surface area contributed by atoms with Gasteiger partial charge in [0.2, 0.25) is 5.91 Å². The topological polar surface area (TPSA) is 101 Å². The Morgan fingerprint density at radius 3 is 2.16 bits per heavy atom. The van der Waals surface area contributed by atoms with Gasteiger partial charge in [-0.3, -0.25) is 19.1 Å². The number of hydrogen-bond donors (Lipinski definition) is 2. The third-order valence-electron chi connectivity index (χ3n) is 3.56. The first-order valence-corrected chi connectivity index (χ1v) is 8.76. The summed E-state index contributed by atoms with van der Waals surface area (Å²) in [6.07, 6.45) is 0.280. The smallest absolute Gasteiger partial charge is 0.330 e. The molecule has 7 nitrogen and oxygen atoms in total. The molecule has 0 saturated heterocycles. The standard InChI is InChI=1S/C18H32N4O3/c1-11(2)9-21(13(23)8-18(5,6)7)14-15(19)22(10-12(3)4)17(25)20-16(14)24/h11-12H,8-10,19H2,1-7H3,(H,20,24,25). The summed E-state index contributed by atoms with van der Waals surface area (Å²) >= 11 is 0. The van der Waals surface area contributed by atoms with Crippen molar-refractivity contribution in [3.63, 3.8) is 0 Å². The zero-order valence-corrected chi connectivity index (χ0v) is 16.5. The predicted molar refractivity (Wildman–Crippen MR) is 102 cm³/mol. The summed E-state index contributed by atoms with van der Waals surface area (Å²) in [4.78, 5) is 41.1. The van der Waals surface area contributed by atoms with Crippen LogP contribution >= 0.6 is 0 Å². The zero-order chi connectivity index (χ0) is 19.5. The van der Waals surface area contributed by atoms with Crippen LogP contribution in [0.4, 0.5) is 11.5 Å². The Bertz CT molecular complexity index is 723. The lowest BCUT2D eigenvalue weighted by Gasteiger charge is -2.29. The number of anilines is 2. The molecule has 0 fully saturated rings. The molecule has 0 aliphatic carbocycles. The molecule has 0 spiro atoms. The molecule has 3 N–H and O–H groups in total. The van der Waals surface area contributed by atoms with Gasteiger partial charge >= 0.3 is 5.69 Å². The Labute approximate surface area is 149 Å². The van der Waals surface area contributed by atoms with Crippen molar-refractivity contribution in [3.8, 4) is 0 Å². The van der Waals surface area contributed by atoms with Crippen LogP contribution < -0.4 is 21.9 Å².